The summed E-state index contributed by atoms with van der Waals surface area (Å²) in [7, 11) is 0. The fourth-order valence-electron chi connectivity index (χ4n) is 1.23. The maximum atomic E-state index is 13.2. The lowest BCUT2D eigenvalue weighted by atomic mass is 10.2. The molecule has 17 heavy (non-hydrogen) atoms. The van der Waals surface area contributed by atoms with Crippen LogP contribution in [0.2, 0.25) is 0 Å². The standard InChI is InChI=1S/C10H12F4N2S/c1-5(3-4-17-2)15-8-6(11)9(13)16-10(14)7(8)12/h5H,3-4H2,1-2H3,(H,15,16). The zero-order valence-electron chi connectivity index (χ0n) is 9.36. The molecular weight excluding hydrogens is 256 g/mol. The third-order valence-corrected chi connectivity index (χ3v) is 2.79. The molecule has 96 valence electrons. The van der Waals surface area contributed by atoms with Crippen molar-refractivity contribution in [1.82, 2.24) is 4.98 Å². The minimum atomic E-state index is -1.65. The molecule has 0 aliphatic carbocycles. The van der Waals surface area contributed by atoms with Crippen molar-refractivity contribution in [2.45, 2.75) is 19.4 Å². The highest BCUT2D eigenvalue weighted by atomic mass is 32.2. The lowest BCUT2D eigenvalue weighted by molar-refractivity contribution is 0.409. The van der Waals surface area contributed by atoms with Crippen molar-refractivity contribution in [2.75, 3.05) is 17.3 Å². The summed E-state index contributed by atoms with van der Waals surface area (Å²) >= 11 is 1.57. The zero-order valence-corrected chi connectivity index (χ0v) is 10.2. The summed E-state index contributed by atoms with van der Waals surface area (Å²) in [5.74, 6) is -5.53. The molecule has 1 N–H and O–H groups in total. The number of pyridine rings is 1. The van der Waals surface area contributed by atoms with Crippen LogP contribution in [-0.2, 0) is 0 Å². The average molecular weight is 268 g/mol. The summed E-state index contributed by atoms with van der Waals surface area (Å²) in [6, 6.07) is -0.298. The molecule has 0 bridgehead atoms. The monoisotopic (exact) mass is 268 g/mol. The van der Waals surface area contributed by atoms with Gasteiger partial charge in [-0.3, -0.25) is 0 Å². The number of thioether (sulfide) groups is 1. The first kappa shape index (κ1) is 14.1. The van der Waals surface area contributed by atoms with Crippen LogP contribution in [-0.4, -0.2) is 23.0 Å². The first-order chi connectivity index (χ1) is 7.97. The molecule has 2 nitrogen and oxygen atoms in total. The molecule has 0 aromatic carbocycles. The van der Waals surface area contributed by atoms with Gasteiger partial charge in [-0.2, -0.15) is 34.3 Å². The number of nitrogens with zero attached hydrogens (tertiary/aromatic N) is 1. The van der Waals surface area contributed by atoms with Crippen LogP contribution in [0.15, 0.2) is 0 Å². The van der Waals surface area contributed by atoms with Crippen LogP contribution in [0, 0.1) is 23.5 Å². The first-order valence-corrected chi connectivity index (χ1v) is 6.32. The molecule has 1 unspecified atom stereocenters. The van der Waals surface area contributed by atoms with E-state index in [1.54, 1.807) is 18.7 Å². The Morgan fingerprint density at radius 1 is 1.18 bits per heavy atom. The average Bonchev–Trinajstić information content (AvgIpc) is 2.29. The van der Waals surface area contributed by atoms with Gasteiger partial charge in [0.1, 0.15) is 5.69 Å². The Morgan fingerprint density at radius 3 is 2.18 bits per heavy atom. The first-order valence-electron chi connectivity index (χ1n) is 4.92. The van der Waals surface area contributed by atoms with Crippen molar-refractivity contribution in [1.29, 1.82) is 0 Å². The van der Waals surface area contributed by atoms with Crippen molar-refractivity contribution in [3.63, 3.8) is 0 Å². The second-order valence-corrected chi connectivity index (χ2v) is 4.51. The van der Waals surface area contributed by atoms with Gasteiger partial charge in [-0.15, -0.1) is 0 Å². The Bertz CT molecular complexity index is 374. The Labute approximate surface area is 101 Å². The van der Waals surface area contributed by atoms with Crippen LogP contribution in [0.25, 0.3) is 0 Å². The summed E-state index contributed by atoms with van der Waals surface area (Å²) in [6.07, 6.45) is 2.51. The molecular formula is C10H12F4N2S. The maximum Gasteiger partial charge on any atom is 0.253 e. The van der Waals surface area contributed by atoms with Crippen LogP contribution in [0.5, 0.6) is 0 Å². The van der Waals surface area contributed by atoms with Crippen LogP contribution in [0.3, 0.4) is 0 Å². The molecule has 1 aromatic heterocycles. The topological polar surface area (TPSA) is 24.9 Å². The van der Waals surface area contributed by atoms with Crippen molar-refractivity contribution in [3.05, 3.63) is 23.5 Å². The zero-order chi connectivity index (χ0) is 13.0. The Kier molecular flexibility index (Phi) is 5.04. The van der Waals surface area contributed by atoms with E-state index in [9.17, 15) is 17.6 Å². The van der Waals surface area contributed by atoms with Crippen molar-refractivity contribution in [2.24, 2.45) is 0 Å². The fourth-order valence-corrected chi connectivity index (χ4v) is 1.82. The lowest BCUT2D eigenvalue weighted by Gasteiger charge is -2.15. The molecule has 0 saturated heterocycles. The molecule has 0 saturated carbocycles. The summed E-state index contributed by atoms with van der Waals surface area (Å²) in [6.45, 7) is 1.67. The van der Waals surface area contributed by atoms with E-state index in [4.69, 9.17) is 0 Å². The Morgan fingerprint density at radius 2 is 1.71 bits per heavy atom. The quantitative estimate of drug-likeness (QED) is 0.655. The van der Waals surface area contributed by atoms with Gasteiger partial charge in [-0.1, -0.05) is 0 Å². The van der Waals surface area contributed by atoms with E-state index >= 15 is 0 Å². The van der Waals surface area contributed by atoms with Crippen LogP contribution in [0.1, 0.15) is 13.3 Å². The predicted molar refractivity (Wildman–Crippen MR) is 60.2 cm³/mol. The van der Waals surface area contributed by atoms with Gasteiger partial charge in [0.2, 0.25) is 11.6 Å². The van der Waals surface area contributed by atoms with Crippen molar-refractivity contribution < 1.29 is 17.6 Å². The molecule has 0 aliphatic rings. The number of anilines is 1. The second-order valence-electron chi connectivity index (χ2n) is 3.52. The molecule has 0 amide bonds. The Hall–Kier alpha value is -0.980. The third-order valence-electron chi connectivity index (χ3n) is 2.14. The molecule has 0 fully saturated rings. The van der Waals surface area contributed by atoms with Gasteiger partial charge in [0, 0.05) is 6.04 Å². The van der Waals surface area contributed by atoms with Gasteiger partial charge in [-0.25, -0.2) is 0 Å². The normalized spacial score (nSPS) is 12.6. The van der Waals surface area contributed by atoms with E-state index in [0.29, 0.717) is 6.42 Å². The summed E-state index contributed by atoms with van der Waals surface area (Å²) in [5.41, 5.74) is -0.802. The number of aromatic nitrogens is 1. The molecule has 7 heteroatoms. The summed E-state index contributed by atoms with van der Waals surface area (Å²) < 4.78 is 52.0. The van der Waals surface area contributed by atoms with Gasteiger partial charge in [0.05, 0.1) is 0 Å². The van der Waals surface area contributed by atoms with E-state index in [-0.39, 0.29) is 6.04 Å². The second kappa shape index (κ2) is 6.09. The molecule has 1 heterocycles. The Balaban J connectivity index is 2.90. The van der Waals surface area contributed by atoms with Crippen molar-refractivity contribution in [3.8, 4) is 0 Å². The SMILES string of the molecule is CSCCC(C)Nc1c(F)c(F)nc(F)c1F. The van der Waals surface area contributed by atoms with E-state index < -0.39 is 29.2 Å². The van der Waals surface area contributed by atoms with Crippen LogP contribution in [0.4, 0.5) is 23.2 Å². The lowest BCUT2D eigenvalue weighted by Crippen LogP contribution is -2.19. The predicted octanol–water partition coefficient (Wildman–Crippen LogP) is 3.19. The highest BCUT2D eigenvalue weighted by Gasteiger charge is 2.21. The molecule has 0 spiro atoms. The number of nitrogens with one attached hydrogen (secondary N) is 1. The van der Waals surface area contributed by atoms with E-state index in [2.05, 4.69) is 10.3 Å². The molecule has 1 rings (SSSR count). The van der Waals surface area contributed by atoms with Gasteiger partial charge >= 0.3 is 0 Å². The van der Waals surface area contributed by atoms with Crippen LogP contribution < -0.4 is 5.32 Å². The molecule has 0 radical (unpaired) electrons. The minimum absolute atomic E-state index is 0.298. The molecule has 0 aliphatic heterocycles. The summed E-state index contributed by atoms with van der Waals surface area (Å²) in [5, 5.41) is 2.41. The number of hydrogen-bond donors (Lipinski definition) is 1. The molecule has 1 aromatic rings. The smallest absolute Gasteiger partial charge is 0.253 e. The van der Waals surface area contributed by atoms with Gasteiger partial charge in [0.15, 0.2) is 0 Å². The van der Waals surface area contributed by atoms with Crippen molar-refractivity contribution >= 4 is 17.4 Å². The van der Waals surface area contributed by atoms with E-state index in [1.165, 1.54) is 0 Å². The van der Waals surface area contributed by atoms with E-state index in [1.807, 2.05) is 6.26 Å². The van der Waals surface area contributed by atoms with E-state index in [0.717, 1.165) is 5.75 Å². The van der Waals surface area contributed by atoms with Gasteiger partial charge in [-0.05, 0) is 25.4 Å². The third kappa shape index (κ3) is 3.49. The largest absolute Gasteiger partial charge is 0.378 e. The minimum Gasteiger partial charge on any atom is -0.378 e. The number of rotatable bonds is 5. The van der Waals surface area contributed by atoms with Gasteiger partial charge < -0.3 is 5.32 Å². The summed E-state index contributed by atoms with van der Waals surface area (Å²) in [4.78, 5) is 2.48. The van der Waals surface area contributed by atoms with Crippen LogP contribution >= 0.6 is 11.8 Å². The highest BCUT2D eigenvalue weighted by molar-refractivity contribution is 7.98. The molecule has 1 atom stereocenters. The number of hydrogen-bond acceptors (Lipinski definition) is 3. The fraction of sp³-hybridized carbons (Fsp3) is 0.500. The highest BCUT2D eigenvalue weighted by Crippen LogP contribution is 2.23. The number of halogens is 4. The maximum absolute atomic E-state index is 13.2. The van der Waals surface area contributed by atoms with Gasteiger partial charge in [0.25, 0.3) is 11.9 Å².